The molecule has 1 N–H and O–H groups in total. The average Bonchev–Trinajstić information content (AvgIpc) is 3.20. The summed E-state index contributed by atoms with van der Waals surface area (Å²) in [6, 6.07) is 21.5. The Labute approximate surface area is 175 Å². The van der Waals surface area contributed by atoms with Crippen LogP contribution in [0.5, 0.6) is 0 Å². The summed E-state index contributed by atoms with van der Waals surface area (Å²) in [4.78, 5) is 5.09. The lowest BCUT2D eigenvalue weighted by Crippen LogP contribution is -2.10. The van der Waals surface area contributed by atoms with E-state index in [2.05, 4.69) is 38.1 Å². The van der Waals surface area contributed by atoms with Gasteiger partial charge in [0.05, 0.1) is 16.1 Å². The number of hydrogen-bond acceptors (Lipinski definition) is 5. The number of hydrogen-bond donors (Lipinski definition) is 1. The van der Waals surface area contributed by atoms with Gasteiger partial charge in [0.2, 0.25) is 0 Å². The van der Waals surface area contributed by atoms with E-state index in [-0.39, 0.29) is 0 Å². The Kier molecular flexibility index (Phi) is 4.78. The van der Waals surface area contributed by atoms with Crippen molar-refractivity contribution in [3.8, 4) is 11.3 Å². The summed E-state index contributed by atoms with van der Waals surface area (Å²) < 4.78 is 16.4. The first-order chi connectivity index (χ1) is 14.7. The fraction of sp³-hybridized carbons (Fsp3) is 0.0909. The molecule has 0 aliphatic carbocycles. The van der Waals surface area contributed by atoms with Gasteiger partial charge in [0.25, 0.3) is 0 Å². The van der Waals surface area contributed by atoms with E-state index in [0.717, 1.165) is 38.4 Å². The molecule has 3 heterocycles. The number of aromatic nitrogens is 5. The molecule has 148 valence electrons. The Bertz CT molecular complexity index is 1380. The van der Waals surface area contributed by atoms with E-state index >= 15 is 0 Å². The van der Waals surface area contributed by atoms with Crippen LogP contribution < -0.4 is 4.72 Å². The summed E-state index contributed by atoms with van der Waals surface area (Å²) >= 11 is 0. The highest BCUT2D eigenvalue weighted by Crippen LogP contribution is 2.20. The molecule has 3 aromatic heterocycles. The molecule has 0 bridgehead atoms. The first-order valence-corrected chi connectivity index (χ1v) is 10.6. The van der Waals surface area contributed by atoms with Crippen LogP contribution in [0.3, 0.4) is 0 Å². The minimum atomic E-state index is -1.21. The molecule has 0 aliphatic heterocycles. The van der Waals surface area contributed by atoms with Gasteiger partial charge in [-0.25, -0.2) is 8.93 Å². The van der Waals surface area contributed by atoms with Crippen LogP contribution in [0.25, 0.3) is 27.8 Å². The van der Waals surface area contributed by atoms with Crippen LogP contribution in [-0.4, -0.2) is 36.1 Å². The second-order valence-electron chi connectivity index (χ2n) is 6.81. The maximum absolute atomic E-state index is 11.9. The van der Waals surface area contributed by atoms with Crippen molar-refractivity contribution in [3.05, 3.63) is 84.3 Å². The van der Waals surface area contributed by atoms with Crippen molar-refractivity contribution in [3.63, 3.8) is 0 Å². The molecule has 0 radical (unpaired) electrons. The highest BCUT2D eigenvalue weighted by Gasteiger charge is 2.11. The lowest BCUT2D eigenvalue weighted by molar-refractivity contribution is 0.678. The lowest BCUT2D eigenvalue weighted by atomic mass is 10.1. The molecule has 5 rings (SSSR count). The molecule has 2 aromatic carbocycles. The summed E-state index contributed by atoms with van der Waals surface area (Å²) in [5, 5.41) is 14.4. The molecular weight excluding hydrogens is 396 g/mol. The molecular formula is C22H18N6OS. The summed E-state index contributed by atoms with van der Waals surface area (Å²) in [5.41, 5.74) is 4.52. The van der Waals surface area contributed by atoms with Crippen molar-refractivity contribution in [1.82, 2.24) is 29.5 Å². The number of nitrogens with zero attached hydrogens (tertiary/aromatic N) is 5. The van der Waals surface area contributed by atoms with Gasteiger partial charge in [-0.1, -0.05) is 24.3 Å². The summed E-state index contributed by atoms with van der Waals surface area (Å²) in [6.07, 6.45) is 2.41. The Morgan fingerprint density at radius 3 is 2.70 bits per heavy atom. The second-order valence-corrected chi connectivity index (χ2v) is 8.23. The zero-order valence-electron chi connectivity index (χ0n) is 16.2. The maximum Gasteiger partial charge on any atom is 0.177 e. The summed E-state index contributed by atoms with van der Waals surface area (Å²) in [7, 11) is 0.458. The zero-order valence-corrected chi connectivity index (χ0v) is 17.0. The monoisotopic (exact) mass is 414 g/mol. The van der Waals surface area contributed by atoms with Crippen LogP contribution in [0.15, 0.2) is 77.8 Å². The van der Waals surface area contributed by atoms with Crippen molar-refractivity contribution in [2.24, 2.45) is 0 Å². The van der Waals surface area contributed by atoms with Crippen LogP contribution in [0.2, 0.25) is 0 Å². The molecule has 0 aliphatic rings. The van der Waals surface area contributed by atoms with Gasteiger partial charge in [0.1, 0.15) is 11.0 Å². The van der Waals surface area contributed by atoms with E-state index in [1.807, 2.05) is 48.5 Å². The average molecular weight is 414 g/mol. The number of benzene rings is 2. The Morgan fingerprint density at radius 2 is 1.87 bits per heavy atom. The van der Waals surface area contributed by atoms with Crippen LogP contribution >= 0.6 is 0 Å². The van der Waals surface area contributed by atoms with Gasteiger partial charge in [-0.2, -0.15) is 9.61 Å². The molecule has 1 unspecified atom stereocenters. The molecule has 0 saturated heterocycles. The standard InChI is InChI=1S/C22H18N6OS/c1-23-30(29)18-7-5-16(6-8-18)20-10-11-21-25-26-22(28(21)27-20)14-15-4-9-19-17(13-15)3-2-12-24-19/h2-13,23H,14H2,1H3. The maximum atomic E-state index is 11.9. The van der Waals surface area contributed by atoms with Gasteiger partial charge in [-0.3, -0.25) is 4.98 Å². The van der Waals surface area contributed by atoms with Crippen molar-refractivity contribution in [2.45, 2.75) is 11.3 Å². The number of pyridine rings is 1. The van der Waals surface area contributed by atoms with E-state index in [9.17, 15) is 4.21 Å². The van der Waals surface area contributed by atoms with E-state index in [0.29, 0.717) is 12.1 Å². The zero-order chi connectivity index (χ0) is 20.5. The third kappa shape index (κ3) is 3.47. The molecule has 30 heavy (non-hydrogen) atoms. The van der Waals surface area contributed by atoms with Crippen LogP contribution in [0.1, 0.15) is 11.4 Å². The minimum absolute atomic E-state index is 0.614. The minimum Gasteiger partial charge on any atom is -0.256 e. The van der Waals surface area contributed by atoms with E-state index in [1.165, 1.54) is 0 Å². The SMILES string of the molecule is CNS(=O)c1ccc(-c2ccc3nnc(Cc4ccc5ncccc5c4)n3n2)cc1. The Hall–Kier alpha value is -3.49. The van der Waals surface area contributed by atoms with E-state index in [1.54, 1.807) is 17.8 Å². The topological polar surface area (TPSA) is 85.1 Å². The molecule has 0 spiro atoms. The predicted molar refractivity (Wildman–Crippen MR) is 116 cm³/mol. The van der Waals surface area contributed by atoms with Crippen molar-refractivity contribution in [1.29, 1.82) is 0 Å². The lowest BCUT2D eigenvalue weighted by Gasteiger charge is -2.06. The van der Waals surface area contributed by atoms with Crippen LogP contribution in [0, 0.1) is 0 Å². The predicted octanol–water partition coefficient (Wildman–Crippen LogP) is 3.17. The number of rotatable bonds is 5. The largest absolute Gasteiger partial charge is 0.256 e. The third-order valence-electron chi connectivity index (χ3n) is 4.91. The van der Waals surface area contributed by atoms with E-state index in [4.69, 9.17) is 5.10 Å². The number of nitrogens with one attached hydrogen (secondary N) is 1. The molecule has 0 fully saturated rings. The molecule has 0 saturated carbocycles. The van der Waals surface area contributed by atoms with Gasteiger partial charge < -0.3 is 0 Å². The fourth-order valence-corrected chi connectivity index (χ4v) is 4.00. The van der Waals surface area contributed by atoms with E-state index < -0.39 is 11.0 Å². The molecule has 7 nitrogen and oxygen atoms in total. The summed E-state index contributed by atoms with van der Waals surface area (Å²) in [5.74, 6) is 0.767. The summed E-state index contributed by atoms with van der Waals surface area (Å²) in [6.45, 7) is 0. The van der Waals surface area contributed by atoms with Gasteiger partial charge >= 0.3 is 0 Å². The second kappa shape index (κ2) is 7.74. The molecule has 5 aromatic rings. The van der Waals surface area contributed by atoms with Crippen molar-refractivity contribution in [2.75, 3.05) is 7.05 Å². The van der Waals surface area contributed by atoms with Crippen LogP contribution in [-0.2, 0) is 17.4 Å². The molecule has 1 atom stereocenters. The molecule has 0 amide bonds. The van der Waals surface area contributed by atoms with Gasteiger partial charge in [-0.15, -0.1) is 10.2 Å². The van der Waals surface area contributed by atoms with Gasteiger partial charge in [0.15, 0.2) is 11.5 Å². The normalized spacial score (nSPS) is 12.4. The van der Waals surface area contributed by atoms with Gasteiger partial charge in [0, 0.05) is 23.6 Å². The van der Waals surface area contributed by atoms with Gasteiger partial charge in [-0.05, 0) is 55.1 Å². The third-order valence-corrected chi connectivity index (χ3v) is 5.98. The highest BCUT2D eigenvalue weighted by molar-refractivity contribution is 7.83. The number of fused-ring (bicyclic) bond motifs is 2. The van der Waals surface area contributed by atoms with Crippen LogP contribution in [0.4, 0.5) is 0 Å². The van der Waals surface area contributed by atoms with Crippen molar-refractivity contribution < 1.29 is 4.21 Å². The fourth-order valence-electron chi connectivity index (χ4n) is 3.38. The first-order valence-electron chi connectivity index (χ1n) is 9.46. The highest BCUT2D eigenvalue weighted by atomic mass is 32.2. The quantitative estimate of drug-likeness (QED) is 0.477. The molecule has 8 heteroatoms. The van der Waals surface area contributed by atoms with Crippen molar-refractivity contribution >= 4 is 27.5 Å². The first kappa shape index (κ1) is 18.5. The Balaban J connectivity index is 1.48. The Morgan fingerprint density at radius 1 is 1.00 bits per heavy atom. The smallest absolute Gasteiger partial charge is 0.177 e.